The van der Waals surface area contributed by atoms with Gasteiger partial charge in [-0.3, -0.25) is 19.5 Å². The van der Waals surface area contributed by atoms with Crippen LogP contribution in [0, 0.1) is 20.8 Å². The largest absolute Gasteiger partial charge is 0.379 e. The van der Waals surface area contributed by atoms with Crippen molar-refractivity contribution in [1.82, 2.24) is 24.8 Å². The number of hydrogen-bond acceptors (Lipinski definition) is 5. The molecule has 1 aliphatic rings. The molecule has 2 N–H and O–H groups in total. The number of fused-ring (bicyclic) bond motifs is 1. The van der Waals surface area contributed by atoms with Crippen LogP contribution in [-0.4, -0.2) is 51.6 Å². The van der Waals surface area contributed by atoms with Crippen LogP contribution in [0.3, 0.4) is 0 Å². The maximum atomic E-state index is 13.6. The predicted octanol–water partition coefficient (Wildman–Crippen LogP) is 4.66. The molecule has 1 aliphatic heterocycles. The number of nitrogens with zero attached hydrogens (tertiary/aromatic N) is 3. The molecule has 0 radical (unpaired) electrons. The molecule has 1 aromatic carbocycles. The molecule has 39 heavy (non-hydrogen) atoms. The van der Waals surface area contributed by atoms with Gasteiger partial charge in [-0.25, -0.2) is 0 Å². The fourth-order valence-corrected chi connectivity index (χ4v) is 5.40. The zero-order chi connectivity index (χ0) is 27.7. The van der Waals surface area contributed by atoms with E-state index < -0.39 is 0 Å². The Morgan fingerprint density at radius 1 is 1.08 bits per heavy atom. The fourth-order valence-electron chi connectivity index (χ4n) is 5.40. The van der Waals surface area contributed by atoms with Gasteiger partial charge < -0.3 is 19.6 Å². The summed E-state index contributed by atoms with van der Waals surface area (Å²) in [6.07, 6.45) is 4.00. The number of aromatic nitrogens is 3. The molecule has 204 valence electrons. The van der Waals surface area contributed by atoms with Gasteiger partial charge in [0, 0.05) is 77.9 Å². The Morgan fingerprint density at radius 3 is 2.51 bits per heavy atom. The van der Waals surface area contributed by atoms with E-state index in [-0.39, 0.29) is 24.1 Å². The average Bonchev–Trinajstić information content (AvgIpc) is 3.25. The van der Waals surface area contributed by atoms with Crippen molar-refractivity contribution in [3.8, 4) is 11.1 Å². The number of benzene rings is 1. The van der Waals surface area contributed by atoms with Crippen molar-refractivity contribution in [2.24, 2.45) is 0 Å². The number of ether oxygens (including phenoxy) is 1. The zero-order valence-electron chi connectivity index (χ0n) is 23.4. The number of pyridine rings is 2. The summed E-state index contributed by atoms with van der Waals surface area (Å²) in [5, 5.41) is 3.94. The molecule has 3 aromatic heterocycles. The molecule has 8 nitrogen and oxygen atoms in total. The second-order valence-electron chi connectivity index (χ2n) is 10.8. The van der Waals surface area contributed by atoms with Gasteiger partial charge in [0.05, 0.1) is 18.9 Å². The average molecular weight is 528 g/mol. The van der Waals surface area contributed by atoms with E-state index in [0.717, 1.165) is 77.4 Å². The first-order chi connectivity index (χ1) is 18.7. The number of carbonyl (C=O) groups excluding carboxylic acids is 1. The molecule has 1 fully saturated rings. The molecular formula is C31H37N5O3. The smallest absolute Gasteiger partial charge is 0.253 e. The number of carbonyl (C=O) groups is 1. The lowest BCUT2D eigenvalue weighted by Gasteiger charge is -2.26. The Morgan fingerprint density at radius 2 is 1.85 bits per heavy atom. The van der Waals surface area contributed by atoms with Crippen molar-refractivity contribution in [3.63, 3.8) is 0 Å². The minimum Gasteiger partial charge on any atom is -0.379 e. The summed E-state index contributed by atoms with van der Waals surface area (Å²) in [5.74, 6) is -0.206. The Balaban J connectivity index is 1.49. The first kappa shape index (κ1) is 26.8. The SMILES string of the molecule is Cc1cc(C)c(CNC(=O)c2cc(-c3ccc(CN4CCOCC4)nc3)cc3c2c(C)cn3C(C)C)c(=O)[nH]1. The summed E-state index contributed by atoms with van der Waals surface area (Å²) in [6, 6.07) is 10.4. The quantitative estimate of drug-likeness (QED) is 0.365. The van der Waals surface area contributed by atoms with Gasteiger partial charge in [0.25, 0.3) is 11.5 Å². The highest BCUT2D eigenvalue weighted by atomic mass is 16.5. The Labute approximate surface area is 229 Å². The lowest BCUT2D eigenvalue weighted by atomic mass is 9.98. The van der Waals surface area contributed by atoms with Crippen LogP contribution < -0.4 is 10.9 Å². The van der Waals surface area contributed by atoms with Gasteiger partial charge in [-0.2, -0.15) is 0 Å². The summed E-state index contributed by atoms with van der Waals surface area (Å²) in [4.78, 5) is 36.1. The lowest BCUT2D eigenvalue weighted by molar-refractivity contribution is 0.0336. The summed E-state index contributed by atoms with van der Waals surface area (Å²) in [5.41, 5.74) is 7.61. The number of morpholine rings is 1. The van der Waals surface area contributed by atoms with Gasteiger partial charge in [0.15, 0.2) is 0 Å². The van der Waals surface area contributed by atoms with Crippen molar-refractivity contribution in [2.45, 2.75) is 53.8 Å². The molecule has 0 aliphatic carbocycles. The first-order valence-electron chi connectivity index (χ1n) is 13.6. The number of nitrogens with one attached hydrogen (secondary N) is 2. The van der Waals surface area contributed by atoms with Crippen molar-refractivity contribution >= 4 is 16.8 Å². The van der Waals surface area contributed by atoms with E-state index in [4.69, 9.17) is 9.72 Å². The lowest BCUT2D eigenvalue weighted by Crippen LogP contribution is -2.35. The maximum absolute atomic E-state index is 13.6. The van der Waals surface area contributed by atoms with Crippen LogP contribution in [0.2, 0.25) is 0 Å². The van der Waals surface area contributed by atoms with Gasteiger partial charge in [-0.15, -0.1) is 0 Å². The summed E-state index contributed by atoms with van der Waals surface area (Å²) >= 11 is 0. The van der Waals surface area contributed by atoms with E-state index in [1.807, 2.05) is 39.1 Å². The Kier molecular flexibility index (Phi) is 7.68. The third-order valence-electron chi connectivity index (χ3n) is 7.49. The Bertz CT molecular complexity index is 1560. The van der Waals surface area contributed by atoms with Gasteiger partial charge in [-0.1, -0.05) is 6.07 Å². The van der Waals surface area contributed by atoms with E-state index in [1.165, 1.54) is 0 Å². The van der Waals surface area contributed by atoms with Gasteiger partial charge >= 0.3 is 0 Å². The summed E-state index contributed by atoms with van der Waals surface area (Å²) in [6.45, 7) is 14.4. The first-order valence-corrected chi connectivity index (χ1v) is 13.6. The van der Waals surface area contributed by atoms with Crippen LogP contribution in [0.1, 0.15) is 58.3 Å². The molecule has 1 saturated heterocycles. The van der Waals surface area contributed by atoms with E-state index in [2.05, 4.69) is 58.0 Å². The van der Waals surface area contributed by atoms with E-state index in [9.17, 15) is 9.59 Å². The van der Waals surface area contributed by atoms with Crippen LogP contribution >= 0.6 is 0 Å². The van der Waals surface area contributed by atoms with E-state index in [1.54, 1.807) is 0 Å². The van der Waals surface area contributed by atoms with Crippen LogP contribution in [0.4, 0.5) is 0 Å². The number of rotatable bonds is 7. The zero-order valence-corrected chi connectivity index (χ0v) is 23.4. The number of H-pyrrole nitrogens is 1. The van der Waals surface area contributed by atoms with E-state index in [0.29, 0.717) is 11.1 Å². The molecule has 1 amide bonds. The highest BCUT2D eigenvalue weighted by Gasteiger charge is 2.20. The molecule has 0 spiro atoms. The second-order valence-corrected chi connectivity index (χ2v) is 10.8. The number of aromatic amines is 1. The summed E-state index contributed by atoms with van der Waals surface area (Å²) < 4.78 is 7.66. The van der Waals surface area contributed by atoms with Gasteiger partial charge in [-0.05, 0) is 75.6 Å². The minimum atomic E-state index is -0.206. The standard InChI is InChI=1S/C31H37N5O3/c1-19(2)36-17-21(4)29-26(30(37)33-16-27-20(3)12-22(5)34-31(27)38)13-24(14-28(29)36)23-6-7-25(32-15-23)18-35-8-10-39-11-9-35/h6-7,12-15,17,19H,8-11,16,18H2,1-5H3,(H,33,37)(H,34,38). The highest BCUT2D eigenvalue weighted by molar-refractivity contribution is 6.09. The number of aryl methyl sites for hydroxylation is 3. The normalized spacial score (nSPS) is 14.3. The van der Waals surface area contributed by atoms with Crippen LogP contribution in [0.25, 0.3) is 22.0 Å². The maximum Gasteiger partial charge on any atom is 0.253 e. The topological polar surface area (TPSA) is 92.2 Å². The van der Waals surface area contributed by atoms with Crippen molar-refractivity contribution < 1.29 is 9.53 Å². The highest BCUT2D eigenvalue weighted by Crippen LogP contribution is 2.33. The third-order valence-corrected chi connectivity index (χ3v) is 7.49. The molecule has 0 unspecified atom stereocenters. The summed E-state index contributed by atoms with van der Waals surface area (Å²) in [7, 11) is 0. The molecule has 5 rings (SSSR count). The molecule has 0 saturated carbocycles. The third kappa shape index (κ3) is 5.67. The number of amides is 1. The van der Waals surface area contributed by atoms with E-state index >= 15 is 0 Å². The van der Waals surface area contributed by atoms with Gasteiger partial charge in [0.2, 0.25) is 0 Å². The molecule has 0 bridgehead atoms. The molecule has 0 atom stereocenters. The molecule has 8 heteroatoms. The Hall–Kier alpha value is -3.75. The second kappa shape index (κ2) is 11.2. The van der Waals surface area contributed by atoms with Crippen molar-refractivity contribution in [3.05, 3.63) is 86.7 Å². The van der Waals surface area contributed by atoms with Crippen LogP contribution in [0.15, 0.2) is 47.5 Å². The fraction of sp³-hybridized carbons (Fsp3) is 0.387. The van der Waals surface area contributed by atoms with Crippen LogP contribution in [0.5, 0.6) is 0 Å². The molecule has 4 aromatic rings. The molecule has 4 heterocycles. The minimum absolute atomic E-state index is 0.160. The van der Waals surface area contributed by atoms with Gasteiger partial charge in [0.1, 0.15) is 0 Å². The van der Waals surface area contributed by atoms with Crippen molar-refractivity contribution in [2.75, 3.05) is 26.3 Å². The monoisotopic (exact) mass is 527 g/mol. The molecular weight excluding hydrogens is 490 g/mol. The number of hydrogen-bond donors (Lipinski definition) is 2. The predicted molar refractivity (Wildman–Crippen MR) is 154 cm³/mol. The van der Waals surface area contributed by atoms with Crippen molar-refractivity contribution in [1.29, 1.82) is 0 Å². The van der Waals surface area contributed by atoms with Crippen LogP contribution in [-0.2, 0) is 17.8 Å².